The summed E-state index contributed by atoms with van der Waals surface area (Å²) in [7, 11) is 0. The van der Waals surface area contributed by atoms with Crippen molar-refractivity contribution in [1.29, 1.82) is 0 Å². The van der Waals surface area contributed by atoms with Crippen molar-refractivity contribution in [2.24, 2.45) is 0 Å². The Morgan fingerprint density at radius 1 is 1.32 bits per heavy atom. The quantitative estimate of drug-likeness (QED) is 0.903. The van der Waals surface area contributed by atoms with Crippen molar-refractivity contribution in [2.75, 3.05) is 31.1 Å². The molecule has 4 nitrogen and oxygen atoms in total. The number of hydrogen-bond acceptors (Lipinski definition) is 3. The van der Waals surface area contributed by atoms with Crippen LogP contribution >= 0.6 is 11.6 Å². The Morgan fingerprint density at radius 3 is 2.42 bits per heavy atom. The average Bonchev–Trinajstić information content (AvgIpc) is 2.38. The number of piperazine rings is 1. The highest BCUT2D eigenvalue weighted by atomic mass is 35.5. The van der Waals surface area contributed by atoms with E-state index in [1.54, 1.807) is 19.9 Å². The van der Waals surface area contributed by atoms with Gasteiger partial charge < -0.3 is 14.9 Å². The lowest BCUT2D eigenvalue weighted by atomic mass is 10.1. The van der Waals surface area contributed by atoms with E-state index in [1.807, 2.05) is 17.0 Å². The summed E-state index contributed by atoms with van der Waals surface area (Å²) in [6.07, 6.45) is -0.513. The molecule has 0 aromatic heterocycles. The van der Waals surface area contributed by atoms with Crippen LogP contribution < -0.4 is 4.90 Å². The second-order valence-electron chi connectivity index (χ2n) is 4.88. The zero-order valence-corrected chi connectivity index (χ0v) is 12.0. The third kappa shape index (κ3) is 3.19. The molecular weight excluding hydrogens is 264 g/mol. The van der Waals surface area contributed by atoms with Gasteiger partial charge in [-0.3, -0.25) is 4.79 Å². The predicted molar refractivity (Wildman–Crippen MR) is 76.6 cm³/mol. The van der Waals surface area contributed by atoms with Gasteiger partial charge in [-0.25, -0.2) is 0 Å². The van der Waals surface area contributed by atoms with Crippen LogP contribution in [-0.4, -0.2) is 42.1 Å². The monoisotopic (exact) mass is 282 g/mol. The van der Waals surface area contributed by atoms with Crippen molar-refractivity contribution in [3.05, 3.63) is 28.8 Å². The molecule has 1 amide bonds. The standard InChI is InChI=1S/C14H19ClN2O2/c1-10(18)12-3-4-14(13(15)9-12)17-7-5-16(6-8-17)11(2)19/h3-4,9-10,18H,5-8H2,1-2H3/t10-/m1/s1. The van der Waals surface area contributed by atoms with Crippen LogP contribution in [0.1, 0.15) is 25.5 Å². The Kier molecular flexibility index (Phi) is 4.32. The first-order valence-electron chi connectivity index (χ1n) is 6.47. The predicted octanol–water partition coefficient (Wildman–Crippen LogP) is 2.06. The van der Waals surface area contributed by atoms with Gasteiger partial charge in [-0.2, -0.15) is 0 Å². The van der Waals surface area contributed by atoms with E-state index in [-0.39, 0.29) is 5.91 Å². The minimum absolute atomic E-state index is 0.121. The lowest BCUT2D eigenvalue weighted by molar-refractivity contribution is -0.129. The number of rotatable bonds is 2. The number of hydrogen-bond donors (Lipinski definition) is 1. The molecule has 104 valence electrons. The van der Waals surface area contributed by atoms with Gasteiger partial charge in [0.2, 0.25) is 5.91 Å². The number of benzene rings is 1. The van der Waals surface area contributed by atoms with Crippen molar-refractivity contribution in [1.82, 2.24) is 4.90 Å². The minimum Gasteiger partial charge on any atom is -0.389 e. The van der Waals surface area contributed by atoms with Crippen molar-refractivity contribution >= 4 is 23.2 Å². The molecule has 1 aliphatic rings. The molecule has 0 radical (unpaired) electrons. The molecule has 0 saturated carbocycles. The lowest BCUT2D eigenvalue weighted by Crippen LogP contribution is -2.48. The Bertz CT molecular complexity index is 469. The molecule has 19 heavy (non-hydrogen) atoms. The second kappa shape index (κ2) is 5.80. The molecule has 0 spiro atoms. The van der Waals surface area contributed by atoms with E-state index in [1.165, 1.54) is 0 Å². The molecule has 1 atom stereocenters. The van der Waals surface area contributed by atoms with Gasteiger partial charge in [0.05, 0.1) is 16.8 Å². The first-order chi connectivity index (χ1) is 8.99. The number of carbonyl (C=O) groups is 1. The molecule has 0 unspecified atom stereocenters. The molecular formula is C14H19ClN2O2. The zero-order valence-electron chi connectivity index (χ0n) is 11.3. The Morgan fingerprint density at radius 2 is 1.95 bits per heavy atom. The van der Waals surface area contributed by atoms with Crippen molar-refractivity contribution < 1.29 is 9.90 Å². The van der Waals surface area contributed by atoms with Gasteiger partial charge in [-0.05, 0) is 24.6 Å². The summed E-state index contributed by atoms with van der Waals surface area (Å²) in [5, 5.41) is 10.2. The van der Waals surface area contributed by atoms with Crippen LogP contribution in [0.25, 0.3) is 0 Å². The van der Waals surface area contributed by atoms with Gasteiger partial charge in [0.15, 0.2) is 0 Å². The van der Waals surface area contributed by atoms with Gasteiger partial charge in [0, 0.05) is 33.1 Å². The number of halogens is 1. The second-order valence-corrected chi connectivity index (χ2v) is 5.29. The van der Waals surface area contributed by atoms with Gasteiger partial charge in [0.25, 0.3) is 0 Å². The molecule has 0 bridgehead atoms. The molecule has 0 aliphatic carbocycles. The highest BCUT2D eigenvalue weighted by molar-refractivity contribution is 6.33. The topological polar surface area (TPSA) is 43.8 Å². The van der Waals surface area contributed by atoms with Crippen LogP contribution in [0, 0.1) is 0 Å². The number of carbonyl (C=O) groups excluding carboxylic acids is 1. The maximum absolute atomic E-state index is 11.3. The molecule has 1 aromatic carbocycles. The molecule has 1 aromatic rings. The number of amides is 1. The summed E-state index contributed by atoms with van der Waals surface area (Å²) in [4.78, 5) is 15.3. The van der Waals surface area contributed by atoms with Gasteiger partial charge in [-0.1, -0.05) is 17.7 Å². The van der Waals surface area contributed by atoms with E-state index in [0.29, 0.717) is 5.02 Å². The van der Waals surface area contributed by atoms with E-state index < -0.39 is 6.10 Å². The van der Waals surface area contributed by atoms with Crippen molar-refractivity contribution in [2.45, 2.75) is 20.0 Å². The largest absolute Gasteiger partial charge is 0.389 e. The third-order valence-corrected chi connectivity index (χ3v) is 3.82. The van der Waals surface area contributed by atoms with Gasteiger partial charge in [0.1, 0.15) is 0 Å². The highest BCUT2D eigenvalue weighted by Crippen LogP contribution is 2.29. The van der Waals surface area contributed by atoms with Crippen molar-refractivity contribution in [3.8, 4) is 0 Å². The van der Waals surface area contributed by atoms with E-state index in [4.69, 9.17) is 11.6 Å². The molecule has 1 saturated heterocycles. The Hall–Kier alpha value is -1.26. The zero-order chi connectivity index (χ0) is 14.0. The number of aliphatic hydroxyl groups excluding tert-OH is 1. The van der Waals surface area contributed by atoms with Crippen LogP contribution in [0.3, 0.4) is 0 Å². The summed E-state index contributed by atoms with van der Waals surface area (Å²) in [6, 6.07) is 5.63. The van der Waals surface area contributed by atoms with Crippen molar-refractivity contribution in [3.63, 3.8) is 0 Å². The van der Waals surface area contributed by atoms with Crippen LogP contribution in [0.5, 0.6) is 0 Å². The normalized spacial score (nSPS) is 17.5. The first-order valence-corrected chi connectivity index (χ1v) is 6.85. The molecule has 1 heterocycles. The maximum atomic E-state index is 11.3. The van der Waals surface area contributed by atoms with Crippen LogP contribution in [0.4, 0.5) is 5.69 Å². The van der Waals surface area contributed by atoms with E-state index >= 15 is 0 Å². The van der Waals surface area contributed by atoms with Crippen LogP contribution in [0.15, 0.2) is 18.2 Å². The van der Waals surface area contributed by atoms with Gasteiger partial charge >= 0.3 is 0 Å². The minimum atomic E-state index is -0.513. The SMILES string of the molecule is CC(=O)N1CCN(c2ccc([C@@H](C)O)cc2Cl)CC1. The summed E-state index contributed by atoms with van der Waals surface area (Å²) in [5.74, 6) is 0.121. The van der Waals surface area contributed by atoms with Crippen LogP contribution in [-0.2, 0) is 4.79 Å². The lowest BCUT2D eigenvalue weighted by Gasteiger charge is -2.36. The highest BCUT2D eigenvalue weighted by Gasteiger charge is 2.20. The molecule has 1 fully saturated rings. The third-order valence-electron chi connectivity index (χ3n) is 3.52. The summed E-state index contributed by atoms with van der Waals surface area (Å²) in [6.45, 7) is 6.34. The molecule has 1 N–H and O–H groups in total. The summed E-state index contributed by atoms with van der Waals surface area (Å²) in [5.41, 5.74) is 1.78. The number of anilines is 1. The Labute approximate surface area is 118 Å². The molecule has 2 rings (SSSR count). The number of nitrogens with zero attached hydrogens (tertiary/aromatic N) is 2. The van der Waals surface area contributed by atoms with Crippen LogP contribution in [0.2, 0.25) is 5.02 Å². The maximum Gasteiger partial charge on any atom is 0.219 e. The van der Waals surface area contributed by atoms with E-state index in [0.717, 1.165) is 37.4 Å². The first kappa shape index (κ1) is 14.2. The van der Waals surface area contributed by atoms with Gasteiger partial charge in [-0.15, -0.1) is 0 Å². The molecule has 1 aliphatic heterocycles. The molecule has 5 heteroatoms. The number of aliphatic hydroxyl groups is 1. The fourth-order valence-corrected chi connectivity index (χ4v) is 2.61. The van der Waals surface area contributed by atoms with E-state index in [9.17, 15) is 9.90 Å². The summed E-state index contributed by atoms with van der Waals surface area (Å²) >= 11 is 6.27. The smallest absolute Gasteiger partial charge is 0.219 e. The fourth-order valence-electron chi connectivity index (χ4n) is 2.30. The average molecular weight is 283 g/mol. The Balaban J connectivity index is 2.09. The van der Waals surface area contributed by atoms with E-state index in [2.05, 4.69) is 4.90 Å². The fraction of sp³-hybridized carbons (Fsp3) is 0.500. The summed E-state index contributed by atoms with van der Waals surface area (Å²) < 4.78 is 0.